The molecule has 1 unspecified atom stereocenters. The van der Waals surface area contributed by atoms with Crippen molar-refractivity contribution >= 4 is 29.5 Å². The maximum atomic E-state index is 13.2. The average molecular weight is 524 g/mol. The molecular formula is C26H38ClN3O6. The minimum atomic E-state index is -0.647. The molecule has 1 aromatic rings. The molecule has 0 N–H and O–H groups in total. The number of likely N-dealkylation sites (N-methyl/N-ethyl adjacent to an activating group) is 1. The second-order valence-electron chi connectivity index (χ2n) is 10.7. The summed E-state index contributed by atoms with van der Waals surface area (Å²) in [7, 11) is 1.55. The highest BCUT2D eigenvalue weighted by atomic mass is 35.5. The number of hydrogen-bond donors (Lipinski definition) is 0. The molecule has 10 heteroatoms. The lowest BCUT2D eigenvalue weighted by Crippen LogP contribution is -2.53. The zero-order valence-corrected chi connectivity index (χ0v) is 22.5. The third kappa shape index (κ3) is 8.27. The quantitative estimate of drug-likeness (QED) is 0.544. The first-order valence-electron chi connectivity index (χ1n) is 12.4. The Hall–Kier alpha value is -2.52. The van der Waals surface area contributed by atoms with Crippen molar-refractivity contribution < 1.29 is 28.6 Å². The summed E-state index contributed by atoms with van der Waals surface area (Å²) in [6.07, 6.45) is 1.19. The van der Waals surface area contributed by atoms with E-state index < -0.39 is 17.1 Å². The Balaban J connectivity index is 1.71. The Morgan fingerprint density at radius 2 is 1.83 bits per heavy atom. The molecule has 2 heterocycles. The van der Waals surface area contributed by atoms with Crippen LogP contribution in [0, 0.1) is 5.41 Å². The number of nitrogens with zero attached hydrogens (tertiary/aromatic N) is 3. The number of piperidine rings is 1. The topological polar surface area (TPSA) is 88.6 Å². The van der Waals surface area contributed by atoms with Crippen LogP contribution in [0.3, 0.4) is 0 Å². The van der Waals surface area contributed by atoms with Gasteiger partial charge in [-0.25, -0.2) is 4.79 Å². The van der Waals surface area contributed by atoms with Crippen molar-refractivity contribution in [2.45, 2.75) is 45.6 Å². The van der Waals surface area contributed by atoms with E-state index in [0.717, 1.165) is 12.8 Å². The summed E-state index contributed by atoms with van der Waals surface area (Å²) in [5.41, 5.74) is -1.21. The number of rotatable bonds is 7. The zero-order chi connectivity index (χ0) is 26.3. The number of benzene rings is 1. The lowest BCUT2D eigenvalue weighted by atomic mass is 9.77. The minimum Gasteiger partial charge on any atom is -0.493 e. The van der Waals surface area contributed by atoms with Gasteiger partial charge in [-0.1, -0.05) is 17.7 Å². The molecule has 3 amide bonds. The Bertz CT molecular complexity index is 930. The first-order chi connectivity index (χ1) is 17.0. The SMILES string of the molecule is CN(CC(=O)N1CCCC(COc2cccc(Cl)c2)(CC(=O)N2CCOCC2)C1)C(=O)OC(C)(C)C. The molecule has 0 saturated carbocycles. The Labute approximate surface area is 218 Å². The smallest absolute Gasteiger partial charge is 0.410 e. The lowest BCUT2D eigenvalue weighted by Gasteiger charge is -2.43. The number of likely N-dealkylation sites (tertiary alicyclic amines) is 1. The molecule has 0 bridgehead atoms. The number of carbonyl (C=O) groups is 3. The summed E-state index contributed by atoms with van der Waals surface area (Å²) in [6, 6.07) is 7.15. The average Bonchev–Trinajstić information content (AvgIpc) is 2.82. The van der Waals surface area contributed by atoms with Crippen molar-refractivity contribution in [2.24, 2.45) is 5.41 Å². The van der Waals surface area contributed by atoms with Crippen molar-refractivity contribution in [3.8, 4) is 5.75 Å². The predicted octanol–water partition coefficient (Wildman–Crippen LogP) is 3.44. The van der Waals surface area contributed by atoms with E-state index in [4.69, 9.17) is 25.8 Å². The molecule has 2 saturated heterocycles. The van der Waals surface area contributed by atoms with Crippen LogP contribution >= 0.6 is 11.6 Å². The van der Waals surface area contributed by atoms with Crippen LogP contribution in [0.25, 0.3) is 0 Å². The Morgan fingerprint density at radius 3 is 2.50 bits per heavy atom. The molecule has 0 aromatic heterocycles. The van der Waals surface area contributed by atoms with Gasteiger partial charge in [-0.15, -0.1) is 0 Å². The van der Waals surface area contributed by atoms with Crippen LogP contribution in [0.1, 0.15) is 40.0 Å². The zero-order valence-electron chi connectivity index (χ0n) is 21.8. The van der Waals surface area contributed by atoms with Crippen LogP contribution in [0.2, 0.25) is 5.02 Å². The summed E-state index contributed by atoms with van der Waals surface area (Å²) in [5, 5.41) is 0.566. The van der Waals surface area contributed by atoms with Gasteiger partial charge in [0.15, 0.2) is 0 Å². The highest BCUT2D eigenvalue weighted by molar-refractivity contribution is 6.30. The molecule has 2 aliphatic rings. The van der Waals surface area contributed by atoms with Crippen LogP contribution in [0.4, 0.5) is 4.79 Å². The van der Waals surface area contributed by atoms with Gasteiger partial charge in [0.1, 0.15) is 17.9 Å². The summed E-state index contributed by atoms with van der Waals surface area (Å²) in [6.45, 7) is 8.63. The largest absolute Gasteiger partial charge is 0.493 e. The molecule has 0 aliphatic carbocycles. The van der Waals surface area contributed by atoms with Crippen LogP contribution in [-0.4, -0.2) is 97.8 Å². The number of carbonyl (C=O) groups excluding carboxylic acids is 3. The van der Waals surface area contributed by atoms with E-state index in [-0.39, 0.29) is 31.4 Å². The van der Waals surface area contributed by atoms with Gasteiger partial charge in [0.2, 0.25) is 11.8 Å². The van der Waals surface area contributed by atoms with Crippen LogP contribution in [-0.2, 0) is 19.1 Å². The van der Waals surface area contributed by atoms with E-state index in [9.17, 15) is 14.4 Å². The predicted molar refractivity (Wildman–Crippen MR) is 136 cm³/mol. The van der Waals surface area contributed by atoms with Gasteiger partial charge < -0.3 is 28.9 Å². The fourth-order valence-electron chi connectivity index (χ4n) is 4.48. The number of amides is 3. The molecule has 1 atom stereocenters. The standard InChI is InChI=1S/C26H38ClN3O6/c1-25(2,3)36-24(33)28(4)17-23(32)30-10-6-9-26(18-30,16-22(31)29-11-13-34-14-12-29)19-35-21-8-5-7-20(27)15-21/h5,7-8,15H,6,9-14,16-19H2,1-4H3. The fourth-order valence-corrected chi connectivity index (χ4v) is 4.66. The monoisotopic (exact) mass is 523 g/mol. The van der Waals surface area contributed by atoms with E-state index in [1.807, 2.05) is 17.0 Å². The van der Waals surface area contributed by atoms with Crippen molar-refractivity contribution in [3.63, 3.8) is 0 Å². The van der Waals surface area contributed by atoms with Crippen LogP contribution in [0.15, 0.2) is 24.3 Å². The molecule has 2 aliphatic heterocycles. The van der Waals surface area contributed by atoms with E-state index >= 15 is 0 Å². The van der Waals surface area contributed by atoms with E-state index in [1.54, 1.807) is 44.9 Å². The second-order valence-corrected chi connectivity index (χ2v) is 11.1. The molecule has 200 valence electrons. The van der Waals surface area contributed by atoms with E-state index in [0.29, 0.717) is 50.2 Å². The number of hydrogen-bond acceptors (Lipinski definition) is 6. The van der Waals surface area contributed by atoms with Crippen molar-refractivity contribution in [3.05, 3.63) is 29.3 Å². The highest BCUT2D eigenvalue weighted by Gasteiger charge is 2.41. The molecule has 3 rings (SSSR count). The molecule has 1 aromatic carbocycles. The number of halogens is 1. The molecule has 36 heavy (non-hydrogen) atoms. The van der Waals surface area contributed by atoms with Gasteiger partial charge >= 0.3 is 6.09 Å². The maximum absolute atomic E-state index is 13.2. The molecule has 0 radical (unpaired) electrons. The molecule has 9 nitrogen and oxygen atoms in total. The van der Waals surface area contributed by atoms with Gasteiger partial charge in [0.05, 0.1) is 19.8 Å². The van der Waals surface area contributed by atoms with E-state index in [2.05, 4.69) is 0 Å². The van der Waals surface area contributed by atoms with Crippen molar-refractivity contribution in [1.82, 2.24) is 14.7 Å². The van der Waals surface area contributed by atoms with Gasteiger partial charge in [0, 0.05) is 50.1 Å². The van der Waals surface area contributed by atoms with Crippen LogP contribution in [0.5, 0.6) is 5.75 Å². The van der Waals surface area contributed by atoms with Gasteiger partial charge in [-0.2, -0.15) is 0 Å². The first kappa shape index (κ1) is 28.1. The third-order valence-corrected chi connectivity index (χ3v) is 6.56. The number of morpholine rings is 1. The fraction of sp³-hybridized carbons (Fsp3) is 0.654. The van der Waals surface area contributed by atoms with Gasteiger partial charge in [-0.3, -0.25) is 9.59 Å². The summed E-state index contributed by atoms with van der Waals surface area (Å²) in [5.74, 6) is 0.469. The first-order valence-corrected chi connectivity index (χ1v) is 12.8. The second kappa shape index (κ2) is 12.1. The number of ether oxygens (including phenoxy) is 3. The molecule has 2 fully saturated rings. The Kier molecular flexibility index (Phi) is 9.47. The van der Waals surface area contributed by atoms with Gasteiger partial charge in [-0.05, 0) is 51.8 Å². The highest BCUT2D eigenvalue weighted by Crippen LogP contribution is 2.36. The van der Waals surface area contributed by atoms with Crippen molar-refractivity contribution in [1.29, 1.82) is 0 Å². The maximum Gasteiger partial charge on any atom is 0.410 e. The molecule has 0 spiro atoms. The Morgan fingerprint density at radius 1 is 1.11 bits per heavy atom. The van der Waals surface area contributed by atoms with E-state index in [1.165, 1.54) is 4.90 Å². The summed E-state index contributed by atoms with van der Waals surface area (Å²) >= 11 is 6.12. The summed E-state index contributed by atoms with van der Waals surface area (Å²) in [4.78, 5) is 43.6. The van der Waals surface area contributed by atoms with Gasteiger partial charge in [0.25, 0.3) is 0 Å². The van der Waals surface area contributed by atoms with Crippen molar-refractivity contribution in [2.75, 3.05) is 59.6 Å². The molecular weight excluding hydrogens is 486 g/mol. The van der Waals surface area contributed by atoms with Crippen LogP contribution < -0.4 is 4.74 Å². The lowest BCUT2D eigenvalue weighted by molar-refractivity contribution is -0.144. The third-order valence-electron chi connectivity index (χ3n) is 6.32. The summed E-state index contributed by atoms with van der Waals surface area (Å²) < 4.78 is 16.9. The normalized spacial score (nSPS) is 20.6. The minimum absolute atomic E-state index is 0.0353.